The smallest absolute Gasteiger partial charge is 0.251 e. The second kappa shape index (κ2) is 8.52. The van der Waals surface area contributed by atoms with Gasteiger partial charge >= 0.3 is 0 Å². The first kappa shape index (κ1) is 19.4. The number of amides is 1. The molecule has 2 heterocycles. The van der Waals surface area contributed by atoms with Crippen LogP contribution in [0.15, 0.2) is 48.2 Å². The third kappa shape index (κ3) is 4.66. The van der Waals surface area contributed by atoms with E-state index < -0.39 is 6.10 Å². The third-order valence-corrected chi connectivity index (χ3v) is 4.79. The largest absolute Gasteiger partial charge is 0.393 e. The molecule has 0 radical (unpaired) electrons. The van der Waals surface area contributed by atoms with Crippen molar-refractivity contribution < 1.29 is 15.0 Å². The highest BCUT2D eigenvalue weighted by molar-refractivity contribution is 6.33. The van der Waals surface area contributed by atoms with Crippen LogP contribution in [0.4, 0.5) is 11.5 Å². The monoisotopic (exact) mass is 387 g/mol. The summed E-state index contributed by atoms with van der Waals surface area (Å²) in [6.07, 6.45) is 2.96. The van der Waals surface area contributed by atoms with Gasteiger partial charge in [-0.3, -0.25) is 4.79 Å². The van der Waals surface area contributed by atoms with E-state index in [0.717, 1.165) is 16.8 Å². The van der Waals surface area contributed by atoms with Crippen LogP contribution in [0.2, 0.25) is 5.02 Å². The first-order chi connectivity index (χ1) is 13.0. The molecule has 6 nitrogen and oxygen atoms in total. The summed E-state index contributed by atoms with van der Waals surface area (Å²) in [6, 6.07) is 9.29. The lowest BCUT2D eigenvalue weighted by molar-refractivity contribution is -0.113. The van der Waals surface area contributed by atoms with Gasteiger partial charge < -0.3 is 20.4 Å². The van der Waals surface area contributed by atoms with Crippen LogP contribution in [0.3, 0.4) is 0 Å². The summed E-state index contributed by atoms with van der Waals surface area (Å²) < 4.78 is 0. The zero-order valence-electron chi connectivity index (χ0n) is 15.0. The van der Waals surface area contributed by atoms with E-state index in [9.17, 15) is 9.90 Å². The zero-order chi connectivity index (χ0) is 19.4. The number of aromatic nitrogens is 1. The van der Waals surface area contributed by atoms with Crippen LogP contribution >= 0.6 is 11.6 Å². The summed E-state index contributed by atoms with van der Waals surface area (Å²) >= 11 is 6.29. The molecule has 1 aliphatic rings. The van der Waals surface area contributed by atoms with E-state index in [-0.39, 0.29) is 12.5 Å². The predicted molar refractivity (Wildman–Crippen MR) is 106 cm³/mol. The van der Waals surface area contributed by atoms with Crippen molar-refractivity contribution in [1.82, 2.24) is 4.98 Å². The molecule has 1 unspecified atom stereocenters. The number of carbonyl (C=O) groups is 1. The number of nitrogens with zero attached hydrogens (tertiary/aromatic N) is 2. The average Bonchev–Trinajstić information content (AvgIpc) is 2.69. The van der Waals surface area contributed by atoms with E-state index in [1.807, 2.05) is 42.2 Å². The highest BCUT2D eigenvalue weighted by atomic mass is 35.5. The Morgan fingerprint density at radius 1 is 1.37 bits per heavy atom. The first-order valence-electron chi connectivity index (χ1n) is 8.74. The molecule has 0 bridgehead atoms. The van der Waals surface area contributed by atoms with Crippen LogP contribution in [-0.2, 0) is 4.79 Å². The van der Waals surface area contributed by atoms with Gasteiger partial charge in [0, 0.05) is 36.1 Å². The standard InChI is InChI=1S/C20H22ClN3O3/c1-13-2-4-16(5-3-13)23-20(27)14-6-8-24(9-7-14)19-17(21)10-15(11-22-19)18(26)12-25/h2-6,10-11,18,25-26H,7-9,12H2,1H3,(H,23,27). The Labute approximate surface area is 163 Å². The number of rotatable bonds is 5. The number of benzene rings is 1. The number of aliphatic hydroxyl groups is 2. The highest BCUT2D eigenvalue weighted by Gasteiger charge is 2.20. The summed E-state index contributed by atoms with van der Waals surface area (Å²) in [4.78, 5) is 18.7. The summed E-state index contributed by atoms with van der Waals surface area (Å²) in [5, 5.41) is 22.0. The van der Waals surface area contributed by atoms with Gasteiger partial charge in [-0.25, -0.2) is 4.98 Å². The van der Waals surface area contributed by atoms with Crippen molar-refractivity contribution in [1.29, 1.82) is 0 Å². The molecular formula is C20H22ClN3O3. The Morgan fingerprint density at radius 2 is 2.11 bits per heavy atom. The van der Waals surface area contributed by atoms with Crippen LogP contribution in [0.5, 0.6) is 0 Å². The molecule has 1 aromatic heterocycles. The number of aryl methyl sites for hydroxylation is 1. The minimum absolute atomic E-state index is 0.0982. The lowest BCUT2D eigenvalue weighted by Gasteiger charge is -2.28. The predicted octanol–water partition coefficient (Wildman–Crippen LogP) is 2.84. The number of anilines is 2. The molecule has 0 fully saturated rings. The Bertz CT molecular complexity index is 852. The second-order valence-corrected chi connectivity index (χ2v) is 6.93. The van der Waals surface area contributed by atoms with E-state index in [4.69, 9.17) is 16.7 Å². The maximum atomic E-state index is 12.4. The molecule has 3 N–H and O–H groups in total. The molecule has 1 amide bonds. The number of hydrogen-bond donors (Lipinski definition) is 3. The Balaban J connectivity index is 1.65. The number of aliphatic hydroxyl groups excluding tert-OH is 2. The van der Waals surface area contributed by atoms with Gasteiger partial charge in [-0.1, -0.05) is 35.4 Å². The Hall–Kier alpha value is -2.41. The molecule has 142 valence electrons. The van der Waals surface area contributed by atoms with Gasteiger partial charge in [-0.05, 0) is 31.5 Å². The minimum Gasteiger partial charge on any atom is -0.393 e. The molecule has 3 rings (SSSR count). The molecule has 1 atom stereocenters. The molecule has 0 aliphatic carbocycles. The fraction of sp³-hybridized carbons (Fsp3) is 0.300. The van der Waals surface area contributed by atoms with E-state index in [0.29, 0.717) is 35.9 Å². The van der Waals surface area contributed by atoms with Crippen molar-refractivity contribution >= 4 is 29.0 Å². The van der Waals surface area contributed by atoms with Crippen molar-refractivity contribution in [2.45, 2.75) is 19.4 Å². The van der Waals surface area contributed by atoms with E-state index in [1.165, 1.54) is 6.20 Å². The second-order valence-electron chi connectivity index (χ2n) is 6.52. The molecule has 1 aromatic carbocycles. The Morgan fingerprint density at radius 3 is 2.70 bits per heavy atom. The third-order valence-electron chi connectivity index (χ3n) is 4.51. The molecular weight excluding hydrogens is 366 g/mol. The number of nitrogens with one attached hydrogen (secondary N) is 1. The summed E-state index contributed by atoms with van der Waals surface area (Å²) in [5.74, 6) is 0.499. The number of carbonyl (C=O) groups excluding carboxylic acids is 1. The van der Waals surface area contributed by atoms with Crippen molar-refractivity contribution in [3.8, 4) is 0 Å². The fourth-order valence-corrected chi connectivity index (χ4v) is 3.18. The minimum atomic E-state index is -0.998. The van der Waals surface area contributed by atoms with Gasteiger partial charge in [0.1, 0.15) is 11.9 Å². The highest BCUT2D eigenvalue weighted by Crippen LogP contribution is 2.28. The number of hydrogen-bond acceptors (Lipinski definition) is 5. The van der Waals surface area contributed by atoms with Crippen molar-refractivity contribution in [3.05, 3.63) is 64.3 Å². The zero-order valence-corrected chi connectivity index (χ0v) is 15.8. The maximum Gasteiger partial charge on any atom is 0.251 e. The molecule has 0 spiro atoms. The van der Waals surface area contributed by atoms with E-state index in [2.05, 4.69) is 10.3 Å². The van der Waals surface area contributed by atoms with Gasteiger partial charge in [0.25, 0.3) is 5.91 Å². The molecule has 27 heavy (non-hydrogen) atoms. The van der Waals surface area contributed by atoms with E-state index in [1.54, 1.807) is 6.07 Å². The molecule has 0 saturated carbocycles. The molecule has 2 aromatic rings. The first-order valence-corrected chi connectivity index (χ1v) is 9.12. The molecule has 0 saturated heterocycles. The van der Waals surface area contributed by atoms with Crippen LogP contribution in [0.1, 0.15) is 23.7 Å². The SMILES string of the molecule is Cc1ccc(NC(=O)C2=CCN(c3ncc(C(O)CO)cc3Cl)CC2)cc1. The Kier molecular flexibility index (Phi) is 6.11. The van der Waals surface area contributed by atoms with Crippen molar-refractivity contribution in [2.75, 3.05) is 29.9 Å². The van der Waals surface area contributed by atoms with Crippen molar-refractivity contribution in [2.24, 2.45) is 0 Å². The molecule has 1 aliphatic heterocycles. The normalized spacial score (nSPS) is 15.3. The molecule has 7 heteroatoms. The van der Waals surface area contributed by atoms with Crippen LogP contribution in [-0.4, -0.2) is 40.8 Å². The van der Waals surface area contributed by atoms with Crippen LogP contribution < -0.4 is 10.2 Å². The quantitative estimate of drug-likeness (QED) is 0.734. The summed E-state index contributed by atoms with van der Waals surface area (Å²) in [5.41, 5.74) is 3.12. The van der Waals surface area contributed by atoms with Gasteiger partial charge in [0.15, 0.2) is 0 Å². The number of halogens is 1. The van der Waals surface area contributed by atoms with E-state index >= 15 is 0 Å². The fourth-order valence-electron chi connectivity index (χ4n) is 2.88. The lowest BCUT2D eigenvalue weighted by atomic mass is 10.1. The van der Waals surface area contributed by atoms with Gasteiger partial charge in [-0.2, -0.15) is 0 Å². The van der Waals surface area contributed by atoms with Gasteiger partial charge in [0.2, 0.25) is 0 Å². The topological polar surface area (TPSA) is 85.7 Å². The maximum absolute atomic E-state index is 12.4. The van der Waals surface area contributed by atoms with Gasteiger partial charge in [-0.15, -0.1) is 0 Å². The van der Waals surface area contributed by atoms with Gasteiger partial charge in [0.05, 0.1) is 11.6 Å². The number of pyridine rings is 1. The summed E-state index contributed by atoms with van der Waals surface area (Å²) in [7, 11) is 0. The van der Waals surface area contributed by atoms with Crippen molar-refractivity contribution in [3.63, 3.8) is 0 Å². The van der Waals surface area contributed by atoms with Crippen LogP contribution in [0.25, 0.3) is 0 Å². The summed E-state index contributed by atoms with van der Waals surface area (Å²) in [6.45, 7) is 2.75. The average molecular weight is 388 g/mol. The van der Waals surface area contributed by atoms with Crippen LogP contribution in [0, 0.1) is 6.92 Å². The lowest BCUT2D eigenvalue weighted by Crippen LogP contribution is -2.32.